The maximum atomic E-state index is 6.95. The number of rotatable bonds is 5. The number of nitrogens with zero attached hydrogens (tertiary/aromatic N) is 2. The Bertz CT molecular complexity index is 2810. The largest absolute Gasteiger partial charge is 0.453 e. The van der Waals surface area contributed by atoms with Gasteiger partial charge in [0, 0.05) is 38.3 Å². The van der Waals surface area contributed by atoms with Gasteiger partial charge in [-0.25, -0.2) is 0 Å². The van der Waals surface area contributed by atoms with Crippen molar-refractivity contribution in [3.05, 3.63) is 182 Å². The summed E-state index contributed by atoms with van der Waals surface area (Å²) in [6.07, 6.45) is 0. The minimum Gasteiger partial charge on any atom is -0.453 e. The molecule has 10 rings (SSSR count). The summed E-state index contributed by atoms with van der Waals surface area (Å²) >= 11 is 0. The number of anilines is 3. The van der Waals surface area contributed by atoms with Crippen LogP contribution in [-0.4, -0.2) is 4.57 Å². The summed E-state index contributed by atoms with van der Waals surface area (Å²) in [5, 5.41) is 6.92. The van der Waals surface area contributed by atoms with Crippen LogP contribution in [0.1, 0.15) is 0 Å². The third-order valence-corrected chi connectivity index (χ3v) is 9.77. The van der Waals surface area contributed by atoms with Crippen LogP contribution in [0.4, 0.5) is 17.1 Å². The van der Waals surface area contributed by atoms with E-state index in [1.807, 2.05) is 0 Å². The molecule has 0 N–H and O–H groups in total. The third kappa shape index (κ3) is 4.29. The molecule has 8 aromatic carbocycles. The van der Waals surface area contributed by atoms with E-state index in [1.165, 1.54) is 32.8 Å². The van der Waals surface area contributed by atoms with Crippen molar-refractivity contribution in [2.75, 3.05) is 4.90 Å². The van der Waals surface area contributed by atoms with Crippen LogP contribution >= 0.6 is 0 Å². The number of para-hydroxylation sites is 4. The lowest BCUT2D eigenvalue weighted by atomic mass is 10.0. The quantitative estimate of drug-likeness (QED) is 0.190. The van der Waals surface area contributed by atoms with Gasteiger partial charge in [-0.3, -0.25) is 0 Å². The molecule has 0 unspecified atom stereocenters. The highest BCUT2D eigenvalue weighted by Crippen LogP contribution is 2.47. The zero-order valence-electron chi connectivity index (χ0n) is 26.6. The molecule has 0 spiro atoms. The molecule has 0 saturated carbocycles. The van der Waals surface area contributed by atoms with Gasteiger partial charge in [0.1, 0.15) is 5.58 Å². The van der Waals surface area contributed by atoms with Crippen molar-refractivity contribution < 1.29 is 4.42 Å². The van der Waals surface area contributed by atoms with E-state index in [1.54, 1.807) is 0 Å². The maximum Gasteiger partial charge on any atom is 0.159 e. The van der Waals surface area contributed by atoms with E-state index >= 15 is 0 Å². The number of hydrogen-bond acceptors (Lipinski definition) is 2. The van der Waals surface area contributed by atoms with Crippen LogP contribution in [0.15, 0.2) is 186 Å². The standard InChI is InChI=1S/C46H30N2O/c1-3-13-31(14-4-1)32-25-28-35(29-26-32)47(43-24-12-21-39-40-30-27-33-15-7-8-18-36(33)45(40)49-46(39)43)42-23-11-20-38-37-19-9-10-22-41(37)48(44(38)42)34-16-5-2-6-17-34/h1-30H. The Kier molecular flexibility index (Phi) is 6.18. The first-order valence-corrected chi connectivity index (χ1v) is 16.7. The molecule has 3 heteroatoms. The maximum absolute atomic E-state index is 6.95. The minimum atomic E-state index is 0.861. The first-order chi connectivity index (χ1) is 24.3. The molecule has 2 heterocycles. The van der Waals surface area contributed by atoms with Gasteiger partial charge in [-0.2, -0.15) is 0 Å². The van der Waals surface area contributed by atoms with Crippen LogP contribution in [0, 0.1) is 0 Å². The second kappa shape index (κ2) is 11.0. The van der Waals surface area contributed by atoms with Gasteiger partial charge in [0.15, 0.2) is 5.58 Å². The van der Waals surface area contributed by atoms with Gasteiger partial charge in [0.25, 0.3) is 0 Å². The number of furan rings is 1. The fraction of sp³-hybridized carbons (Fsp3) is 0. The zero-order valence-corrected chi connectivity index (χ0v) is 26.6. The molecule has 0 bridgehead atoms. The van der Waals surface area contributed by atoms with Crippen molar-refractivity contribution in [1.29, 1.82) is 0 Å². The highest BCUT2D eigenvalue weighted by atomic mass is 16.3. The molecule has 0 amide bonds. The highest BCUT2D eigenvalue weighted by molar-refractivity contribution is 6.19. The van der Waals surface area contributed by atoms with Crippen LogP contribution in [0.25, 0.3) is 71.3 Å². The molecule has 0 aliphatic rings. The SMILES string of the molecule is c1ccc(-c2ccc(N(c3cccc4c3oc3c5ccccc5ccc43)c3cccc4c5ccccc5n(-c5ccccc5)c34)cc2)cc1. The Labute approximate surface area is 283 Å². The van der Waals surface area contributed by atoms with Crippen LogP contribution in [-0.2, 0) is 0 Å². The fourth-order valence-electron chi connectivity index (χ4n) is 7.56. The van der Waals surface area contributed by atoms with Crippen molar-refractivity contribution in [2.45, 2.75) is 0 Å². The van der Waals surface area contributed by atoms with Crippen LogP contribution in [0.2, 0.25) is 0 Å². The molecule has 0 aliphatic heterocycles. The summed E-state index contributed by atoms with van der Waals surface area (Å²) in [7, 11) is 0. The molecule has 0 aliphatic carbocycles. The highest BCUT2D eigenvalue weighted by Gasteiger charge is 2.24. The lowest BCUT2D eigenvalue weighted by Gasteiger charge is -2.27. The van der Waals surface area contributed by atoms with Gasteiger partial charge >= 0.3 is 0 Å². The second-order valence-corrected chi connectivity index (χ2v) is 12.5. The minimum absolute atomic E-state index is 0.861. The molecule has 0 atom stereocenters. The van der Waals surface area contributed by atoms with Crippen molar-refractivity contribution in [3.8, 4) is 16.8 Å². The van der Waals surface area contributed by atoms with Crippen molar-refractivity contribution in [1.82, 2.24) is 4.57 Å². The topological polar surface area (TPSA) is 21.3 Å². The summed E-state index contributed by atoms with van der Waals surface area (Å²) in [5.74, 6) is 0. The molecular formula is C46H30N2O. The Hall–Kier alpha value is -6.58. The molecule has 0 radical (unpaired) electrons. The number of hydrogen-bond donors (Lipinski definition) is 0. The molecule has 0 saturated heterocycles. The number of benzene rings is 8. The van der Waals surface area contributed by atoms with Gasteiger partial charge < -0.3 is 13.9 Å². The lowest BCUT2D eigenvalue weighted by molar-refractivity contribution is 0.673. The molecule has 3 nitrogen and oxygen atoms in total. The first-order valence-electron chi connectivity index (χ1n) is 16.7. The van der Waals surface area contributed by atoms with Gasteiger partial charge in [-0.15, -0.1) is 0 Å². The number of aromatic nitrogens is 1. The van der Waals surface area contributed by atoms with Crippen LogP contribution in [0.3, 0.4) is 0 Å². The number of fused-ring (bicyclic) bond motifs is 8. The monoisotopic (exact) mass is 626 g/mol. The fourth-order valence-corrected chi connectivity index (χ4v) is 7.56. The Morgan fingerprint density at radius 2 is 1.00 bits per heavy atom. The van der Waals surface area contributed by atoms with E-state index < -0.39 is 0 Å². The van der Waals surface area contributed by atoms with E-state index in [0.29, 0.717) is 0 Å². The lowest BCUT2D eigenvalue weighted by Crippen LogP contribution is -2.12. The Morgan fingerprint density at radius 1 is 0.388 bits per heavy atom. The van der Waals surface area contributed by atoms with E-state index in [2.05, 4.69) is 191 Å². The molecule has 49 heavy (non-hydrogen) atoms. The predicted molar refractivity (Wildman–Crippen MR) is 206 cm³/mol. The van der Waals surface area contributed by atoms with Crippen molar-refractivity contribution >= 4 is 71.6 Å². The Balaban J connectivity index is 1.30. The van der Waals surface area contributed by atoms with Crippen LogP contribution < -0.4 is 4.90 Å². The van der Waals surface area contributed by atoms with Crippen LogP contribution in [0.5, 0.6) is 0 Å². The summed E-state index contributed by atoms with van der Waals surface area (Å²) in [6.45, 7) is 0. The van der Waals surface area contributed by atoms with E-state index in [4.69, 9.17) is 4.42 Å². The summed E-state index contributed by atoms with van der Waals surface area (Å²) in [4.78, 5) is 2.38. The average Bonchev–Trinajstić information content (AvgIpc) is 3.73. The van der Waals surface area contributed by atoms with E-state index in [9.17, 15) is 0 Å². The third-order valence-electron chi connectivity index (χ3n) is 9.77. The molecule has 2 aromatic heterocycles. The average molecular weight is 627 g/mol. The van der Waals surface area contributed by atoms with Gasteiger partial charge in [-0.05, 0) is 65.0 Å². The molecule has 0 fully saturated rings. The second-order valence-electron chi connectivity index (χ2n) is 12.5. The van der Waals surface area contributed by atoms with E-state index in [0.717, 1.165) is 55.6 Å². The first kappa shape index (κ1) is 27.5. The van der Waals surface area contributed by atoms with E-state index in [-0.39, 0.29) is 0 Å². The smallest absolute Gasteiger partial charge is 0.159 e. The van der Waals surface area contributed by atoms with Crippen molar-refractivity contribution in [3.63, 3.8) is 0 Å². The predicted octanol–water partition coefficient (Wildman–Crippen LogP) is 13.0. The molecule has 10 aromatic rings. The Morgan fingerprint density at radius 3 is 1.82 bits per heavy atom. The normalized spacial score (nSPS) is 11.7. The van der Waals surface area contributed by atoms with Gasteiger partial charge in [-0.1, -0.05) is 133 Å². The molecular weight excluding hydrogens is 597 g/mol. The van der Waals surface area contributed by atoms with Gasteiger partial charge in [0.05, 0.1) is 22.4 Å². The van der Waals surface area contributed by atoms with Gasteiger partial charge in [0.2, 0.25) is 0 Å². The summed E-state index contributed by atoms with van der Waals surface area (Å²) in [6, 6.07) is 64.8. The zero-order chi connectivity index (χ0) is 32.3. The molecule has 230 valence electrons. The summed E-state index contributed by atoms with van der Waals surface area (Å²) in [5.41, 5.74) is 10.7. The summed E-state index contributed by atoms with van der Waals surface area (Å²) < 4.78 is 9.35. The van der Waals surface area contributed by atoms with Crippen molar-refractivity contribution in [2.24, 2.45) is 0 Å².